The number of hydrogen-bond acceptors (Lipinski definition) is 4. The molecule has 0 unspecified atom stereocenters. The highest BCUT2D eigenvalue weighted by Gasteiger charge is 2.26. The third-order valence-electron chi connectivity index (χ3n) is 2.48. The molecule has 0 aliphatic heterocycles. The Hall–Kier alpha value is -1.86. The smallest absolute Gasteiger partial charge is 0.389 e. The average molecular weight is 291 g/mol. The fourth-order valence-corrected chi connectivity index (χ4v) is 1.48. The molecule has 112 valence electrons. The molecule has 0 atom stereocenters. The van der Waals surface area contributed by atoms with Gasteiger partial charge in [0.15, 0.2) is 5.69 Å². The summed E-state index contributed by atoms with van der Waals surface area (Å²) in [4.78, 5) is 19.0. The number of alkyl halides is 3. The van der Waals surface area contributed by atoms with Gasteiger partial charge in [-0.05, 0) is 6.42 Å². The normalized spacial score (nSPS) is 11.7. The van der Waals surface area contributed by atoms with Crippen LogP contribution < -0.4 is 5.32 Å². The predicted octanol–water partition coefficient (Wildman–Crippen LogP) is 3.05. The molecule has 0 radical (unpaired) electrons. The first kappa shape index (κ1) is 16.2. The maximum atomic E-state index is 12.0. The first-order chi connectivity index (χ1) is 9.20. The van der Waals surface area contributed by atoms with Crippen LogP contribution in [0, 0.1) is 0 Å². The Morgan fingerprint density at radius 2 is 2.10 bits per heavy atom. The standard InChI is InChI=1S/C12H16F3N3O2/c1-7(2)10-17-6-8(9(18-10)11(19)20)16-5-3-4-12(13,14)15/h6-7,16H,3-5H2,1-2H3,(H,19,20). The maximum Gasteiger partial charge on any atom is 0.389 e. The lowest BCUT2D eigenvalue weighted by Gasteiger charge is -2.11. The molecule has 1 aromatic rings. The van der Waals surface area contributed by atoms with Gasteiger partial charge in [0.25, 0.3) is 0 Å². The van der Waals surface area contributed by atoms with Crippen molar-refractivity contribution in [3.05, 3.63) is 17.7 Å². The van der Waals surface area contributed by atoms with Crippen LogP contribution >= 0.6 is 0 Å². The van der Waals surface area contributed by atoms with Crippen LogP contribution in [0.15, 0.2) is 6.20 Å². The van der Waals surface area contributed by atoms with Crippen molar-refractivity contribution < 1.29 is 23.1 Å². The zero-order valence-corrected chi connectivity index (χ0v) is 11.2. The monoisotopic (exact) mass is 291 g/mol. The Balaban J connectivity index is 2.72. The lowest BCUT2D eigenvalue weighted by atomic mass is 10.2. The second-order valence-corrected chi connectivity index (χ2v) is 4.60. The van der Waals surface area contributed by atoms with Gasteiger partial charge < -0.3 is 10.4 Å². The van der Waals surface area contributed by atoms with E-state index in [1.807, 2.05) is 13.8 Å². The second kappa shape index (κ2) is 6.53. The number of nitrogens with one attached hydrogen (secondary N) is 1. The molecule has 1 heterocycles. The number of aromatic carboxylic acids is 1. The Bertz CT molecular complexity index is 476. The minimum absolute atomic E-state index is 0.00414. The lowest BCUT2D eigenvalue weighted by Crippen LogP contribution is -2.15. The first-order valence-electron chi connectivity index (χ1n) is 6.11. The molecular weight excluding hydrogens is 275 g/mol. The zero-order chi connectivity index (χ0) is 15.3. The summed E-state index contributed by atoms with van der Waals surface area (Å²) in [5.74, 6) is -0.900. The van der Waals surface area contributed by atoms with Crippen molar-refractivity contribution in [2.24, 2.45) is 0 Å². The third-order valence-corrected chi connectivity index (χ3v) is 2.48. The summed E-state index contributed by atoms with van der Waals surface area (Å²) in [5, 5.41) is 11.7. The molecule has 0 fully saturated rings. The quantitative estimate of drug-likeness (QED) is 0.788. The number of rotatable bonds is 6. The fraction of sp³-hybridized carbons (Fsp3) is 0.583. The summed E-state index contributed by atoms with van der Waals surface area (Å²) in [7, 11) is 0. The third kappa shape index (κ3) is 5.02. The Kier molecular flexibility index (Phi) is 5.29. The molecule has 0 aliphatic carbocycles. The van der Waals surface area contributed by atoms with Crippen molar-refractivity contribution in [1.29, 1.82) is 0 Å². The predicted molar refractivity (Wildman–Crippen MR) is 66.9 cm³/mol. The van der Waals surface area contributed by atoms with Crippen LogP contribution in [-0.4, -0.2) is 33.8 Å². The van der Waals surface area contributed by atoms with E-state index in [1.54, 1.807) is 0 Å². The highest BCUT2D eigenvalue weighted by Crippen LogP contribution is 2.22. The van der Waals surface area contributed by atoms with Crippen molar-refractivity contribution in [2.75, 3.05) is 11.9 Å². The van der Waals surface area contributed by atoms with Crippen LogP contribution in [0.4, 0.5) is 18.9 Å². The number of halogens is 3. The second-order valence-electron chi connectivity index (χ2n) is 4.60. The number of aromatic nitrogens is 2. The highest BCUT2D eigenvalue weighted by atomic mass is 19.4. The van der Waals surface area contributed by atoms with E-state index >= 15 is 0 Å². The Labute approximate surface area is 114 Å². The van der Waals surface area contributed by atoms with Crippen LogP contribution in [0.1, 0.15) is 48.9 Å². The first-order valence-corrected chi connectivity index (χ1v) is 6.11. The molecule has 20 heavy (non-hydrogen) atoms. The van der Waals surface area contributed by atoms with E-state index in [9.17, 15) is 18.0 Å². The number of anilines is 1. The summed E-state index contributed by atoms with van der Waals surface area (Å²) in [6, 6.07) is 0. The Morgan fingerprint density at radius 1 is 1.45 bits per heavy atom. The molecule has 0 spiro atoms. The maximum absolute atomic E-state index is 12.0. The van der Waals surface area contributed by atoms with Gasteiger partial charge in [-0.3, -0.25) is 0 Å². The average Bonchev–Trinajstić information content (AvgIpc) is 2.33. The molecule has 0 bridgehead atoms. The van der Waals surface area contributed by atoms with E-state index in [1.165, 1.54) is 6.20 Å². The fourth-order valence-electron chi connectivity index (χ4n) is 1.48. The number of hydrogen-bond donors (Lipinski definition) is 2. The van der Waals surface area contributed by atoms with E-state index in [-0.39, 0.29) is 30.3 Å². The van der Waals surface area contributed by atoms with E-state index in [4.69, 9.17) is 5.11 Å². The van der Waals surface area contributed by atoms with Crippen molar-refractivity contribution >= 4 is 11.7 Å². The van der Waals surface area contributed by atoms with Gasteiger partial charge in [-0.15, -0.1) is 0 Å². The van der Waals surface area contributed by atoms with Gasteiger partial charge in [-0.1, -0.05) is 13.8 Å². The summed E-state index contributed by atoms with van der Waals surface area (Å²) in [6.07, 6.45) is -3.99. The van der Waals surface area contributed by atoms with Gasteiger partial charge in [0.2, 0.25) is 0 Å². The van der Waals surface area contributed by atoms with Gasteiger partial charge in [0.05, 0.1) is 11.9 Å². The van der Waals surface area contributed by atoms with Crippen LogP contribution in [0.2, 0.25) is 0 Å². The molecule has 1 rings (SSSR count). The summed E-state index contributed by atoms with van der Waals surface area (Å²) in [6.45, 7) is 3.64. The molecule has 1 aromatic heterocycles. The minimum atomic E-state index is -4.21. The molecule has 2 N–H and O–H groups in total. The number of nitrogens with zero attached hydrogens (tertiary/aromatic N) is 2. The van der Waals surface area contributed by atoms with Crippen molar-refractivity contribution in [2.45, 2.75) is 38.8 Å². The molecule has 0 amide bonds. The lowest BCUT2D eigenvalue weighted by molar-refractivity contribution is -0.134. The van der Waals surface area contributed by atoms with Crippen LogP contribution in [0.25, 0.3) is 0 Å². The SMILES string of the molecule is CC(C)c1ncc(NCCCC(F)(F)F)c(C(=O)O)n1. The molecule has 5 nitrogen and oxygen atoms in total. The minimum Gasteiger partial charge on any atom is -0.476 e. The zero-order valence-electron chi connectivity index (χ0n) is 11.2. The van der Waals surface area contributed by atoms with Gasteiger partial charge in [-0.2, -0.15) is 13.2 Å². The number of carboxylic acid groups (broad SMARTS) is 1. The van der Waals surface area contributed by atoms with Gasteiger partial charge in [-0.25, -0.2) is 14.8 Å². The van der Waals surface area contributed by atoms with E-state index in [2.05, 4.69) is 15.3 Å². The van der Waals surface area contributed by atoms with Crippen molar-refractivity contribution in [3.8, 4) is 0 Å². The number of carboxylic acids is 1. The molecule has 0 aromatic carbocycles. The van der Waals surface area contributed by atoms with E-state index < -0.39 is 18.6 Å². The van der Waals surface area contributed by atoms with Gasteiger partial charge >= 0.3 is 12.1 Å². The highest BCUT2D eigenvalue weighted by molar-refractivity contribution is 5.91. The van der Waals surface area contributed by atoms with Gasteiger partial charge in [0.1, 0.15) is 5.82 Å². The molecule has 0 saturated carbocycles. The van der Waals surface area contributed by atoms with Crippen LogP contribution in [0.5, 0.6) is 0 Å². The van der Waals surface area contributed by atoms with Crippen LogP contribution in [-0.2, 0) is 0 Å². The van der Waals surface area contributed by atoms with Crippen LogP contribution in [0.3, 0.4) is 0 Å². The van der Waals surface area contributed by atoms with E-state index in [0.29, 0.717) is 5.82 Å². The number of carbonyl (C=O) groups is 1. The summed E-state index contributed by atoms with van der Waals surface area (Å²) < 4.78 is 36.0. The van der Waals surface area contributed by atoms with Crippen molar-refractivity contribution in [3.63, 3.8) is 0 Å². The molecule has 0 saturated heterocycles. The van der Waals surface area contributed by atoms with E-state index in [0.717, 1.165) is 0 Å². The van der Waals surface area contributed by atoms with Crippen molar-refractivity contribution in [1.82, 2.24) is 9.97 Å². The summed E-state index contributed by atoms with van der Waals surface area (Å²) in [5.41, 5.74) is -0.0974. The van der Waals surface area contributed by atoms with Gasteiger partial charge in [0, 0.05) is 18.9 Å². The topological polar surface area (TPSA) is 75.1 Å². The largest absolute Gasteiger partial charge is 0.476 e. The Morgan fingerprint density at radius 3 is 2.60 bits per heavy atom. The molecular formula is C12H16F3N3O2. The summed E-state index contributed by atoms with van der Waals surface area (Å²) >= 11 is 0. The molecule has 8 heteroatoms. The molecule has 0 aliphatic rings.